The zero-order valence-electron chi connectivity index (χ0n) is 13.5. The van der Waals surface area contributed by atoms with Crippen molar-refractivity contribution >= 4 is 0 Å². The molecule has 1 aliphatic heterocycles. The molecule has 1 aliphatic carbocycles. The molecular formula is C19H30N2. The van der Waals surface area contributed by atoms with E-state index in [9.17, 15) is 0 Å². The van der Waals surface area contributed by atoms with E-state index in [1.54, 1.807) is 0 Å². The van der Waals surface area contributed by atoms with E-state index < -0.39 is 0 Å². The molecule has 0 bridgehead atoms. The van der Waals surface area contributed by atoms with Crippen LogP contribution < -0.4 is 10.6 Å². The van der Waals surface area contributed by atoms with Crippen molar-refractivity contribution in [2.75, 3.05) is 6.67 Å². The lowest BCUT2D eigenvalue weighted by molar-refractivity contribution is 0.252. The molecule has 0 saturated carbocycles. The first-order valence-electron chi connectivity index (χ1n) is 8.46. The summed E-state index contributed by atoms with van der Waals surface area (Å²) in [7, 11) is 0. The van der Waals surface area contributed by atoms with E-state index >= 15 is 0 Å². The number of nitrogens with one attached hydrogen (secondary N) is 2. The van der Waals surface area contributed by atoms with Crippen LogP contribution in [0.1, 0.15) is 46.0 Å². The van der Waals surface area contributed by atoms with Gasteiger partial charge in [-0.1, -0.05) is 49.5 Å². The quantitative estimate of drug-likeness (QED) is 0.761. The largest absolute Gasteiger partial charge is 0.301 e. The van der Waals surface area contributed by atoms with Crippen molar-refractivity contribution in [3.05, 3.63) is 48.1 Å². The zero-order valence-corrected chi connectivity index (χ0v) is 13.5. The first kappa shape index (κ1) is 16.3. The summed E-state index contributed by atoms with van der Waals surface area (Å²) in [5, 5.41) is 7.30. The Hall–Kier alpha value is -1.12. The molecule has 0 amide bonds. The Morgan fingerprint density at radius 2 is 2.10 bits per heavy atom. The van der Waals surface area contributed by atoms with Crippen LogP contribution >= 0.6 is 0 Å². The van der Waals surface area contributed by atoms with Gasteiger partial charge in [0.2, 0.25) is 0 Å². The van der Waals surface area contributed by atoms with Gasteiger partial charge >= 0.3 is 0 Å². The van der Waals surface area contributed by atoms with Crippen LogP contribution in [0.15, 0.2) is 48.1 Å². The first-order valence-corrected chi connectivity index (χ1v) is 8.46. The summed E-state index contributed by atoms with van der Waals surface area (Å²) in [5.41, 5.74) is 1.43. The van der Waals surface area contributed by atoms with Gasteiger partial charge in [0.1, 0.15) is 0 Å². The predicted molar refractivity (Wildman–Crippen MR) is 92.1 cm³/mol. The second kappa shape index (κ2) is 9.01. The van der Waals surface area contributed by atoms with Gasteiger partial charge in [-0.05, 0) is 50.5 Å². The average Bonchev–Trinajstić information content (AvgIpc) is 2.48. The molecular weight excluding hydrogens is 256 g/mol. The van der Waals surface area contributed by atoms with Gasteiger partial charge < -0.3 is 5.32 Å². The van der Waals surface area contributed by atoms with Crippen LogP contribution in [0, 0.1) is 5.92 Å². The highest BCUT2D eigenvalue weighted by molar-refractivity contribution is 5.25. The van der Waals surface area contributed by atoms with Gasteiger partial charge in [-0.2, -0.15) is 0 Å². The Kier molecular flexibility index (Phi) is 6.98. The molecule has 2 nitrogen and oxygen atoms in total. The molecule has 2 heteroatoms. The van der Waals surface area contributed by atoms with Crippen LogP contribution in [-0.2, 0) is 0 Å². The van der Waals surface area contributed by atoms with Crippen LogP contribution in [-0.4, -0.2) is 18.8 Å². The number of rotatable bonds is 4. The third-order valence-corrected chi connectivity index (χ3v) is 4.58. The Morgan fingerprint density at radius 1 is 1.24 bits per heavy atom. The molecule has 2 N–H and O–H groups in total. The highest BCUT2D eigenvalue weighted by Crippen LogP contribution is 2.25. The van der Waals surface area contributed by atoms with Gasteiger partial charge in [-0.3, -0.25) is 5.32 Å². The van der Waals surface area contributed by atoms with Gasteiger partial charge in [0.25, 0.3) is 0 Å². The molecule has 1 saturated heterocycles. The lowest BCUT2D eigenvalue weighted by atomic mass is 9.84. The van der Waals surface area contributed by atoms with Crippen molar-refractivity contribution in [1.29, 1.82) is 0 Å². The van der Waals surface area contributed by atoms with Crippen molar-refractivity contribution < 1.29 is 0 Å². The molecule has 1 fully saturated rings. The Bertz CT molecular complexity index is 417. The number of allylic oxidation sites excluding steroid dienone is 6. The van der Waals surface area contributed by atoms with Gasteiger partial charge in [-0.25, -0.2) is 0 Å². The minimum Gasteiger partial charge on any atom is -0.301 e. The van der Waals surface area contributed by atoms with Crippen LogP contribution in [0.2, 0.25) is 0 Å². The van der Waals surface area contributed by atoms with Gasteiger partial charge in [0.05, 0.1) is 0 Å². The van der Waals surface area contributed by atoms with Crippen LogP contribution in [0.25, 0.3) is 0 Å². The summed E-state index contributed by atoms with van der Waals surface area (Å²) >= 11 is 0. The molecule has 116 valence electrons. The van der Waals surface area contributed by atoms with E-state index in [1.807, 2.05) is 0 Å². The third-order valence-electron chi connectivity index (χ3n) is 4.58. The van der Waals surface area contributed by atoms with Gasteiger partial charge in [-0.15, -0.1) is 0 Å². The average molecular weight is 286 g/mol. The molecule has 0 aromatic rings. The zero-order chi connectivity index (χ0) is 14.9. The molecule has 0 aromatic carbocycles. The van der Waals surface area contributed by atoms with E-state index in [1.165, 1.54) is 31.3 Å². The minimum absolute atomic E-state index is 0.494. The van der Waals surface area contributed by atoms with E-state index in [0.717, 1.165) is 19.0 Å². The highest BCUT2D eigenvalue weighted by Gasteiger charge is 2.27. The second-order valence-corrected chi connectivity index (χ2v) is 6.01. The first-order chi connectivity index (χ1) is 10.3. The molecule has 0 spiro atoms. The monoisotopic (exact) mass is 286 g/mol. The fraction of sp³-hybridized carbons (Fsp3) is 0.579. The van der Waals surface area contributed by atoms with Crippen LogP contribution in [0.4, 0.5) is 0 Å². The molecule has 0 radical (unpaired) electrons. The van der Waals surface area contributed by atoms with Crippen LogP contribution in [0.5, 0.6) is 0 Å². The fourth-order valence-corrected chi connectivity index (χ4v) is 3.31. The van der Waals surface area contributed by atoms with E-state index in [0.29, 0.717) is 12.1 Å². The van der Waals surface area contributed by atoms with Crippen molar-refractivity contribution in [1.82, 2.24) is 10.6 Å². The third kappa shape index (κ3) is 4.98. The molecule has 1 heterocycles. The predicted octanol–water partition coefficient (Wildman–Crippen LogP) is 4.09. The summed E-state index contributed by atoms with van der Waals surface area (Å²) in [6, 6.07) is 1.12. The maximum absolute atomic E-state index is 3.68. The Labute approximate surface area is 130 Å². The maximum atomic E-state index is 3.68. The minimum atomic E-state index is 0.494. The topological polar surface area (TPSA) is 24.1 Å². The molecule has 0 aromatic heterocycles. The molecule has 3 atom stereocenters. The summed E-state index contributed by atoms with van der Waals surface area (Å²) in [4.78, 5) is 0. The van der Waals surface area contributed by atoms with Crippen LogP contribution in [0.3, 0.4) is 0 Å². The highest BCUT2D eigenvalue weighted by atomic mass is 15.1. The normalized spacial score (nSPS) is 34.4. The molecule has 1 unspecified atom stereocenters. The number of hydrogen-bond donors (Lipinski definition) is 2. The van der Waals surface area contributed by atoms with Crippen molar-refractivity contribution in [3.8, 4) is 0 Å². The van der Waals surface area contributed by atoms with Gasteiger partial charge in [0.15, 0.2) is 0 Å². The lowest BCUT2D eigenvalue weighted by Gasteiger charge is -2.37. The molecule has 21 heavy (non-hydrogen) atoms. The SMILES string of the molecule is C/C=C(\C=C/CC)C1C[C@@H]([C@@H]2C/C=C\C=C/CC2)NCN1. The summed E-state index contributed by atoms with van der Waals surface area (Å²) < 4.78 is 0. The van der Waals surface area contributed by atoms with E-state index in [2.05, 4.69) is 67.0 Å². The second-order valence-electron chi connectivity index (χ2n) is 6.01. The summed E-state index contributed by atoms with van der Waals surface area (Å²) in [6.07, 6.45) is 21.8. The summed E-state index contributed by atoms with van der Waals surface area (Å²) in [5.74, 6) is 0.754. The standard InChI is InChI=1S/C19H30N2/c1-3-5-11-16(4-2)18-14-19(21-15-20-18)17-12-9-7-6-8-10-13-17/h4-9,11,17-21H,3,10,12-15H2,1-2H3/b8-6-,9-7-,11-5-,16-4+/t17-,18?,19+/m1/s1. The lowest BCUT2D eigenvalue weighted by Crippen LogP contribution is -2.53. The number of hydrogen-bond acceptors (Lipinski definition) is 2. The smallest absolute Gasteiger partial charge is 0.0461 e. The Morgan fingerprint density at radius 3 is 2.90 bits per heavy atom. The van der Waals surface area contributed by atoms with Crippen molar-refractivity contribution in [2.45, 2.75) is 58.0 Å². The molecule has 2 rings (SSSR count). The fourth-order valence-electron chi connectivity index (χ4n) is 3.31. The Balaban J connectivity index is 1.97. The van der Waals surface area contributed by atoms with E-state index in [-0.39, 0.29) is 0 Å². The van der Waals surface area contributed by atoms with Crippen molar-refractivity contribution in [2.24, 2.45) is 5.92 Å². The summed E-state index contributed by atoms with van der Waals surface area (Å²) in [6.45, 7) is 5.26. The van der Waals surface area contributed by atoms with Gasteiger partial charge in [0, 0.05) is 18.8 Å². The maximum Gasteiger partial charge on any atom is 0.0461 e. The molecule has 2 aliphatic rings. The van der Waals surface area contributed by atoms with E-state index in [4.69, 9.17) is 0 Å². The van der Waals surface area contributed by atoms with Crippen molar-refractivity contribution in [3.63, 3.8) is 0 Å².